The minimum absolute atomic E-state index is 0.000386. The number of carbonyl (C=O) groups excluding carboxylic acids is 2. The van der Waals surface area contributed by atoms with Crippen molar-refractivity contribution in [3.8, 4) is 0 Å². The molecule has 7 atom stereocenters. The van der Waals surface area contributed by atoms with Crippen LogP contribution in [-0.2, 0) is 23.8 Å². The number of ether oxygens (including phenoxy) is 3. The Labute approximate surface area is 492 Å². The zero-order valence-electron chi connectivity index (χ0n) is 52.1. The molecule has 1 aliphatic rings. The fraction of sp³-hybridized carbons (Fsp3) is 0.884. The summed E-state index contributed by atoms with van der Waals surface area (Å²) in [7, 11) is 0. The largest absolute Gasteiger partial charge is 0.466 e. The first-order chi connectivity index (χ1) is 39.2. The summed E-state index contributed by atoms with van der Waals surface area (Å²) in [6, 6.07) is -0.807. The van der Waals surface area contributed by atoms with E-state index in [0.717, 1.165) is 57.8 Å². The third kappa shape index (κ3) is 47.3. The van der Waals surface area contributed by atoms with Gasteiger partial charge in [0.15, 0.2) is 6.29 Å². The van der Waals surface area contributed by atoms with Crippen LogP contribution in [0.3, 0.4) is 0 Å². The Kier molecular flexibility index (Phi) is 55.6. The van der Waals surface area contributed by atoms with Gasteiger partial charge in [-0.25, -0.2) is 0 Å². The number of unbranched alkanes of at least 4 members (excludes halogenated alkanes) is 42. The molecule has 1 saturated heterocycles. The second-order valence-electron chi connectivity index (χ2n) is 23.9. The Morgan fingerprint density at radius 3 is 1.23 bits per heavy atom. The average Bonchev–Trinajstić information content (AvgIpc) is 3.46. The van der Waals surface area contributed by atoms with Gasteiger partial charge in [-0.05, 0) is 83.5 Å². The standard InChI is InChI=1S/C69H129NO10/c1-3-5-7-9-11-13-14-37-41-45-49-53-57-65(74)78-58-54-50-46-42-38-35-33-31-29-27-25-23-21-19-17-15-16-18-20-22-24-26-28-30-32-34-36-40-44-48-52-56-64(73)70-61(62(72)55-51-47-43-39-12-10-8-6-4-2)60-79-69-68(77)67(76)66(75)63(59-71)80-69/h11,13,17,19,51,55,61-63,66-69,71-72,75-77H,3-10,12,14-16,18,20-50,52-54,56-60H2,1-2H3,(H,70,73)/b13-11-,19-17-,55-51+. The molecule has 11 nitrogen and oxygen atoms in total. The van der Waals surface area contributed by atoms with Crippen LogP contribution in [0.5, 0.6) is 0 Å². The van der Waals surface area contributed by atoms with Crippen LogP contribution >= 0.6 is 0 Å². The molecule has 0 spiro atoms. The van der Waals surface area contributed by atoms with Crippen LogP contribution in [-0.4, -0.2) is 100 Å². The summed E-state index contributed by atoms with van der Waals surface area (Å²) in [5, 5.41) is 54.3. The molecule has 7 unspecified atom stereocenters. The fourth-order valence-electron chi connectivity index (χ4n) is 10.8. The highest BCUT2D eigenvalue weighted by Crippen LogP contribution is 2.23. The van der Waals surface area contributed by atoms with Crippen LogP contribution in [0.4, 0.5) is 0 Å². The summed E-state index contributed by atoms with van der Waals surface area (Å²) in [5.41, 5.74) is 0. The average molecular weight is 1130 g/mol. The van der Waals surface area contributed by atoms with Crippen molar-refractivity contribution in [1.82, 2.24) is 5.32 Å². The number of amides is 1. The van der Waals surface area contributed by atoms with Crippen LogP contribution in [0.2, 0.25) is 0 Å². The Morgan fingerprint density at radius 1 is 0.450 bits per heavy atom. The Bertz CT molecular complexity index is 1420. The van der Waals surface area contributed by atoms with Crippen molar-refractivity contribution >= 4 is 11.9 Å². The molecule has 1 aliphatic heterocycles. The number of rotatable bonds is 60. The molecule has 6 N–H and O–H groups in total. The quantitative estimate of drug-likeness (QED) is 0.0195. The van der Waals surface area contributed by atoms with E-state index in [4.69, 9.17) is 14.2 Å². The number of hydrogen-bond donors (Lipinski definition) is 6. The minimum atomic E-state index is -1.57. The summed E-state index contributed by atoms with van der Waals surface area (Å²) >= 11 is 0. The second kappa shape index (κ2) is 58.6. The predicted molar refractivity (Wildman–Crippen MR) is 334 cm³/mol. The number of allylic oxidation sites excluding steroid dienone is 5. The molecule has 0 bridgehead atoms. The molecule has 470 valence electrons. The Balaban J connectivity index is 1.92. The predicted octanol–water partition coefficient (Wildman–Crippen LogP) is 17.0. The van der Waals surface area contributed by atoms with Gasteiger partial charge in [0.2, 0.25) is 5.91 Å². The molecule has 0 radical (unpaired) electrons. The molecular formula is C69H129NO10. The Hall–Kier alpha value is -2.12. The monoisotopic (exact) mass is 1130 g/mol. The van der Waals surface area contributed by atoms with E-state index >= 15 is 0 Å². The topological polar surface area (TPSA) is 175 Å². The van der Waals surface area contributed by atoms with Gasteiger partial charge in [-0.1, -0.05) is 269 Å². The molecule has 1 rings (SSSR count). The van der Waals surface area contributed by atoms with Crippen molar-refractivity contribution in [2.45, 2.75) is 371 Å². The first kappa shape index (κ1) is 75.9. The maximum absolute atomic E-state index is 13.0. The number of aliphatic hydroxyl groups excluding tert-OH is 5. The Morgan fingerprint density at radius 2 is 0.800 bits per heavy atom. The highest BCUT2D eigenvalue weighted by atomic mass is 16.7. The zero-order valence-corrected chi connectivity index (χ0v) is 52.1. The van der Waals surface area contributed by atoms with E-state index in [2.05, 4.69) is 43.5 Å². The molecule has 0 aliphatic carbocycles. The minimum Gasteiger partial charge on any atom is -0.466 e. The van der Waals surface area contributed by atoms with E-state index < -0.39 is 49.5 Å². The van der Waals surface area contributed by atoms with E-state index in [1.807, 2.05) is 6.08 Å². The van der Waals surface area contributed by atoms with E-state index in [-0.39, 0.29) is 18.5 Å². The number of esters is 1. The number of aliphatic hydroxyl groups is 5. The molecule has 1 heterocycles. The van der Waals surface area contributed by atoms with Gasteiger partial charge in [0.05, 0.1) is 32.0 Å². The van der Waals surface area contributed by atoms with Crippen molar-refractivity contribution in [2.75, 3.05) is 19.8 Å². The first-order valence-electron chi connectivity index (χ1n) is 34.3. The van der Waals surface area contributed by atoms with Crippen molar-refractivity contribution < 1.29 is 49.3 Å². The van der Waals surface area contributed by atoms with E-state index in [1.165, 1.54) is 244 Å². The van der Waals surface area contributed by atoms with E-state index in [9.17, 15) is 35.1 Å². The molecular weight excluding hydrogens is 1000 g/mol. The van der Waals surface area contributed by atoms with Crippen LogP contribution in [0, 0.1) is 0 Å². The van der Waals surface area contributed by atoms with Crippen LogP contribution in [0.15, 0.2) is 36.5 Å². The van der Waals surface area contributed by atoms with Gasteiger partial charge in [-0.15, -0.1) is 0 Å². The van der Waals surface area contributed by atoms with E-state index in [0.29, 0.717) is 19.4 Å². The highest BCUT2D eigenvalue weighted by molar-refractivity contribution is 5.76. The lowest BCUT2D eigenvalue weighted by atomic mass is 9.99. The highest BCUT2D eigenvalue weighted by Gasteiger charge is 2.44. The van der Waals surface area contributed by atoms with Crippen molar-refractivity contribution in [3.05, 3.63) is 36.5 Å². The maximum Gasteiger partial charge on any atom is 0.305 e. The summed E-state index contributed by atoms with van der Waals surface area (Å²) in [6.07, 6.45) is 64.3. The third-order valence-corrected chi connectivity index (χ3v) is 16.2. The van der Waals surface area contributed by atoms with Crippen LogP contribution in [0.25, 0.3) is 0 Å². The lowest BCUT2D eigenvalue weighted by Gasteiger charge is -2.40. The van der Waals surface area contributed by atoms with Crippen molar-refractivity contribution in [1.29, 1.82) is 0 Å². The van der Waals surface area contributed by atoms with E-state index in [1.54, 1.807) is 6.08 Å². The lowest BCUT2D eigenvalue weighted by Crippen LogP contribution is -2.60. The summed E-state index contributed by atoms with van der Waals surface area (Å²) in [6.45, 7) is 4.31. The number of carbonyl (C=O) groups is 2. The van der Waals surface area contributed by atoms with Gasteiger partial charge < -0.3 is 45.1 Å². The summed E-state index contributed by atoms with van der Waals surface area (Å²) in [5.74, 6) is -0.181. The van der Waals surface area contributed by atoms with Crippen molar-refractivity contribution in [3.63, 3.8) is 0 Å². The van der Waals surface area contributed by atoms with Gasteiger partial charge >= 0.3 is 5.97 Å². The van der Waals surface area contributed by atoms with Gasteiger partial charge in [0.25, 0.3) is 0 Å². The maximum atomic E-state index is 13.0. The van der Waals surface area contributed by atoms with Gasteiger partial charge in [0, 0.05) is 12.8 Å². The van der Waals surface area contributed by atoms with Crippen LogP contribution < -0.4 is 5.32 Å². The fourth-order valence-corrected chi connectivity index (χ4v) is 10.8. The van der Waals surface area contributed by atoms with Crippen LogP contribution in [0.1, 0.15) is 328 Å². The first-order valence-corrected chi connectivity index (χ1v) is 34.3. The summed E-state index contributed by atoms with van der Waals surface area (Å²) in [4.78, 5) is 25.0. The SMILES string of the molecule is CCCCC/C=C\CCCCCCCC(=O)OCCCCCCCCCCCCCC/C=C\CCCCCCCCCCCCCCCCCC(=O)NC(COC1OC(CO)C(O)C(O)C1O)C(O)/C=C/CCCCCCCCC. The van der Waals surface area contributed by atoms with Crippen molar-refractivity contribution in [2.24, 2.45) is 0 Å². The normalized spacial score (nSPS) is 18.5. The second-order valence-corrected chi connectivity index (χ2v) is 23.9. The molecule has 1 amide bonds. The molecule has 0 aromatic heterocycles. The summed E-state index contributed by atoms with van der Waals surface area (Å²) < 4.78 is 16.7. The lowest BCUT2D eigenvalue weighted by molar-refractivity contribution is -0.302. The molecule has 11 heteroatoms. The molecule has 0 saturated carbocycles. The molecule has 1 fully saturated rings. The molecule has 0 aromatic carbocycles. The smallest absolute Gasteiger partial charge is 0.305 e. The number of hydrogen-bond acceptors (Lipinski definition) is 10. The molecule has 0 aromatic rings. The molecule has 80 heavy (non-hydrogen) atoms. The third-order valence-electron chi connectivity index (χ3n) is 16.2. The van der Waals surface area contributed by atoms with Gasteiger partial charge in [-0.3, -0.25) is 9.59 Å². The van der Waals surface area contributed by atoms with Gasteiger partial charge in [-0.2, -0.15) is 0 Å². The zero-order chi connectivity index (χ0) is 58.0. The van der Waals surface area contributed by atoms with Gasteiger partial charge in [0.1, 0.15) is 24.4 Å². The number of nitrogens with one attached hydrogen (secondary N) is 1.